The summed E-state index contributed by atoms with van der Waals surface area (Å²) in [6.07, 6.45) is 8.22. The smallest absolute Gasteiger partial charge is 0.276 e. The van der Waals surface area contributed by atoms with Crippen LogP contribution in [0.2, 0.25) is 0 Å². The van der Waals surface area contributed by atoms with E-state index in [0.29, 0.717) is 12.2 Å². The summed E-state index contributed by atoms with van der Waals surface area (Å²) in [5, 5.41) is 0. The molecule has 0 aliphatic heterocycles. The van der Waals surface area contributed by atoms with E-state index >= 15 is 0 Å². The van der Waals surface area contributed by atoms with E-state index in [9.17, 15) is 9.59 Å². The van der Waals surface area contributed by atoms with Crippen LogP contribution >= 0.6 is 0 Å². The van der Waals surface area contributed by atoms with Crippen molar-refractivity contribution in [2.75, 3.05) is 6.61 Å². The standard InChI is InChI=1S/C20H26N2O3/c23-18(21-22-19(24)13-25-17-4-2-1-3-5-17)12-20-9-14-6-15(10-20)8-16(7-14)11-20/h1-5,14-16H,6-13H2,(H,21,23)(H,22,24). The normalized spacial score (nSPS) is 32.2. The molecule has 0 spiro atoms. The van der Waals surface area contributed by atoms with Crippen molar-refractivity contribution in [3.63, 3.8) is 0 Å². The fourth-order valence-electron chi connectivity index (χ4n) is 5.73. The van der Waals surface area contributed by atoms with Gasteiger partial charge in [-0.3, -0.25) is 20.4 Å². The maximum absolute atomic E-state index is 12.3. The second-order valence-electron chi connectivity index (χ2n) is 8.29. The second-order valence-corrected chi connectivity index (χ2v) is 8.29. The van der Waals surface area contributed by atoms with Gasteiger partial charge in [0.1, 0.15) is 5.75 Å². The van der Waals surface area contributed by atoms with E-state index in [-0.39, 0.29) is 23.8 Å². The van der Waals surface area contributed by atoms with Crippen LogP contribution in [0, 0.1) is 23.2 Å². The predicted molar refractivity (Wildman–Crippen MR) is 93.4 cm³/mol. The Bertz CT molecular complexity index is 608. The lowest BCUT2D eigenvalue weighted by atomic mass is 9.49. The van der Waals surface area contributed by atoms with Gasteiger partial charge in [0.05, 0.1) is 0 Å². The first-order valence-corrected chi connectivity index (χ1v) is 9.36. The zero-order chi connectivity index (χ0) is 17.3. The number of carbonyl (C=O) groups is 2. The molecule has 5 rings (SSSR count). The Labute approximate surface area is 148 Å². The number of rotatable bonds is 5. The lowest BCUT2D eigenvalue weighted by molar-refractivity contribution is -0.134. The molecule has 4 bridgehead atoms. The predicted octanol–water partition coefficient (Wildman–Crippen LogP) is 2.82. The molecule has 5 heteroatoms. The van der Waals surface area contributed by atoms with Crippen molar-refractivity contribution in [1.29, 1.82) is 0 Å². The van der Waals surface area contributed by atoms with Gasteiger partial charge in [-0.25, -0.2) is 0 Å². The zero-order valence-corrected chi connectivity index (χ0v) is 14.5. The maximum atomic E-state index is 12.3. The number of para-hydroxylation sites is 1. The number of hydrazine groups is 1. The van der Waals surface area contributed by atoms with Gasteiger partial charge in [-0.15, -0.1) is 0 Å². The molecule has 25 heavy (non-hydrogen) atoms. The first-order valence-electron chi connectivity index (χ1n) is 9.36. The minimum Gasteiger partial charge on any atom is -0.484 e. The Balaban J connectivity index is 1.22. The molecule has 4 aliphatic carbocycles. The second kappa shape index (κ2) is 6.70. The zero-order valence-electron chi connectivity index (χ0n) is 14.5. The van der Waals surface area contributed by atoms with E-state index in [4.69, 9.17) is 4.74 Å². The highest BCUT2D eigenvalue weighted by atomic mass is 16.5. The minimum atomic E-state index is -0.345. The summed E-state index contributed by atoms with van der Waals surface area (Å²) in [5.74, 6) is 2.70. The van der Waals surface area contributed by atoms with Crippen LogP contribution in [0.25, 0.3) is 0 Å². The quantitative estimate of drug-likeness (QED) is 0.809. The molecule has 0 heterocycles. The van der Waals surface area contributed by atoms with Gasteiger partial charge < -0.3 is 4.74 Å². The molecule has 4 aliphatic rings. The fraction of sp³-hybridized carbons (Fsp3) is 0.600. The van der Waals surface area contributed by atoms with Crippen molar-refractivity contribution < 1.29 is 14.3 Å². The lowest BCUT2D eigenvalue weighted by Gasteiger charge is -2.56. The molecule has 2 amide bonds. The number of ether oxygens (including phenoxy) is 1. The van der Waals surface area contributed by atoms with E-state index < -0.39 is 0 Å². The van der Waals surface area contributed by atoms with Gasteiger partial charge in [0, 0.05) is 6.42 Å². The third-order valence-electron chi connectivity index (χ3n) is 6.16. The van der Waals surface area contributed by atoms with Gasteiger partial charge in [0.15, 0.2) is 6.61 Å². The maximum Gasteiger partial charge on any atom is 0.276 e. The molecule has 0 saturated heterocycles. The van der Waals surface area contributed by atoms with Crippen LogP contribution < -0.4 is 15.6 Å². The summed E-state index contributed by atoms with van der Waals surface area (Å²) < 4.78 is 5.37. The molecule has 0 atom stereocenters. The van der Waals surface area contributed by atoms with E-state index in [1.54, 1.807) is 12.1 Å². The number of benzene rings is 1. The van der Waals surface area contributed by atoms with E-state index in [2.05, 4.69) is 10.9 Å². The van der Waals surface area contributed by atoms with Crippen molar-refractivity contribution in [3.05, 3.63) is 30.3 Å². The summed E-state index contributed by atoms with van der Waals surface area (Å²) in [6.45, 7) is -0.109. The molecule has 4 saturated carbocycles. The molecule has 1 aromatic rings. The Morgan fingerprint density at radius 3 is 2.08 bits per heavy atom. The molecule has 0 aromatic heterocycles. The molecule has 5 nitrogen and oxygen atoms in total. The largest absolute Gasteiger partial charge is 0.484 e. The van der Waals surface area contributed by atoms with Crippen LogP contribution in [0.1, 0.15) is 44.9 Å². The van der Waals surface area contributed by atoms with Crippen molar-refractivity contribution in [2.24, 2.45) is 23.2 Å². The van der Waals surface area contributed by atoms with Crippen LogP contribution in [0.5, 0.6) is 5.75 Å². The number of hydrogen-bond acceptors (Lipinski definition) is 3. The SMILES string of the molecule is O=C(COc1ccccc1)NNC(=O)CC12CC3CC(CC(C3)C1)C2. The molecular weight excluding hydrogens is 316 g/mol. The highest BCUT2D eigenvalue weighted by molar-refractivity contribution is 5.83. The fourth-order valence-corrected chi connectivity index (χ4v) is 5.73. The summed E-state index contributed by atoms with van der Waals surface area (Å²) in [5.41, 5.74) is 5.23. The van der Waals surface area contributed by atoms with Crippen molar-refractivity contribution in [1.82, 2.24) is 10.9 Å². The van der Waals surface area contributed by atoms with Gasteiger partial charge in [-0.1, -0.05) is 18.2 Å². The van der Waals surface area contributed by atoms with Gasteiger partial charge >= 0.3 is 0 Å². The van der Waals surface area contributed by atoms with Gasteiger partial charge in [0.25, 0.3) is 5.91 Å². The molecular formula is C20H26N2O3. The number of nitrogens with one attached hydrogen (secondary N) is 2. The van der Waals surface area contributed by atoms with Gasteiger partial charge in [-0.2, -0.15) is 0 Å². The highest BCUT2D eigenvalue weighted by Crippen LogP contribution is 2.61. The molecule has 4 fully saturated rings. The van der Waals surface area contributed by atoms with Crippen molar-refractivity contribution in [2.45, 2.75) is 44.9 Å². The monoisotopic (exact) mass is 342 g/mol. The van der Waals surface area contributed by atoms with E-state index in [0.717, 1.165) is 17.8 Å². The summed E-state index contributed by atoms with van der Waals surface area (Å²) in [4.78, 5) is 24.2. The summed E-state index contributed by atoms with van der Waals surface area (Å²) in [7, 11) is 0. The molecule has 2 N–H and O–H groups in total. The average Bonchev–Trinajstić information content (AvgIpc) is 2.57. The molecule has 1 aromatic carbocycles. The van der Waals surface area contributed by atoms with Crippen LogP contribution in [0.15, 0.2) is 30.3 Å². The van der Waals surface area contributed by atoms with Gasteiger partial charge in [-0.05, 0) is 73.8 Å². The third kappa shape index (κ3) is 3.80. The van der Waals surface area contributed by atoms with Crippen molar-refractivity contribution in [3.8, 4) is 5.75 Å². The Hall–Kier alpha value is -2.04. The highest BCUT2D eigenvalue weighted by Gasteiger charge is 2.51. The summed E-state index contributed by atoms with van der Waals surface area (Å²) in [6, 6.07) is 9.16. The summed E-state index contributed by atoms with van der Waals surface area (Å²) >= 11 is 0. The number of amides is 2. The van der Waals surface area contributed by atoms with Gasteiger partial charge in [0.2, 0.25) is 5.91 Å². The number of hydrogen-bond donors (Lipinski definition) is 2. The molecule has 134 valence electrons. The van der Waals surface area contributed by atoms with E-state index in [1.807, 2.05) is 18.2 Å². The number of carbonyl (C=O) groups excluding carboxylic acids is 2. The molecule has 0 unspecified atom stereocenters. The lowest BCUT2D eigenvalue weighted by Crippen LogP contribution is -2.50. The average molecular weight is 342 g/mol. The Morgan fingerprint density at radius 2 is 1.48 bits per heavy atom. The van der Waals surface area contributed by atoms with Crippen molar-refractivity contribution >= 4 is 11.8 Å². The topological polar surface area (TPSA) is 67.4 Å². The third-order valence-corrected chi connectivity index (χ3v) is 6.16. The van der Waals surface area contributed by atoms with E-state index in [1.165, 1.54) is 38.5 Å². The van der Waals surface area contributed by atoms with Crippen LogP contribution in [0.3, 0.4) is 0 Å². The Morgan fingerprint density at radius 1 is 0.920 bits per heavy atom. The first-order chi connectivity index (χ1) is 12.1. The molecule has 0 radical (unpaired) electrons. The van der Waals surface area contributed by atoms with Crippen LogP contribution in [-0.4, -0.2) is 18.4 Å². The van der Waals surface area contributed by atoms with Crippen LogP contribution in [0.4, 0.5) is 0 Å². The van der Waals surface area contributed by atoms with Crippen LogP contribution in [-0.2, 0) is 9.59 Å². The Kier molecular flexibility index (Phi) is 4.40. The minimum absolute atomic E-state index is 0.0741. The first kappa shape index (κ1) is 16.4.